The number of benzene rings is 1. The Morgan fingerprint density at radius 3 is 2.96 bits per heavy atom. The van der Waals surface area contributed by atoms with E-state index < -0.39 is 4.92 Å². The summed E-state index contributed by atoms with van der Waals surface area (Å²) in [7, 11) is 0. The Hall–Kier alpha value is -2.58. The maximum Gasteiger partial charge on any atom is 0.271 e. The highest BCUT2D eigenvalue weighted by Crippen LogP contribution is 2.27. The first-order chi connectivity index (χ1) is 11.6. The first kappa shape index (κ1) is 15.0. The second-order valence-corrected chi connectivity index (χ2v) is 7.03. The third-order valence-corrected chi connectivity index (χ3v) is 4.96. The number of nitrogens with zero attached hydrogens (tertiary/aromatic N) is 4. The molecule has 118 valence electrons. The molecule has 0 unspecified atom stereocenters. The molecule has 0 amide bonds. The van der Waals surface area contributed by atoms with E-state index in [1.54, 1.807) is 12.3 Å². The molecule has 0 fully saturated rings. The first-order valence-corrected chi connectivity index (χ1v) is 8.57. The van der Waals surface area contributed by atoms with Gasteiger partial charge in [0, 0.05) is 22.8 Å². The summed E-state index contributed by atoms with van der Waals surface area (Å²) in [4.78, 5) is 19.2. The molecule has 0 aliphatic heterocycles. The van der Waals surface area contributed by atoms with Gasteiger partial charge in [-0.2, -0.15) is 0 Å². The Morgan fingerprint density at radius 2 is 2.12 bits per heavy atom. The second-order valence-electron chi connectivity index (χ2n) is 5.05. The van der Waals surface area contributed by atoms with Crippen molar-refractivity contribution in [2.24, 2.45) is 0 Å². The van der Waals surface area contributed by atoms with Crippen LogP contribution in [0.5, 0.6) is 0 Å². The maximum absolute atomic E-state index is 10.8. The minimum absolute atomic E-state index is 0.0509. The van der Waals surface area contributed by atoms with Crippen LogP contribution >= 0.6 is 27.3 Å². The molecule has 1 aromatic carbocycles. The molecule has 0 aliphatic carbocycles. The lowest BCUT2D eigenvalue weighted by atomic mass is 10.3. The molecule has 0 atom stereocenters. The molecule has 4 aromatic rings. The summed E-state index contributed by atoms with van der Waals surface area (Å²) in [5.41, 5.74) is 2.47. The molecule has 3 heterocycles. The predicted molar refractivity (Wildman–Crippen MR) is 98.1 cm³/mol. The standard InChI is InChI=1S/C16H9BrN4O2S/c17-10-1-5-15-18-8-12(20(15)9-10)3-6-16-19-13-7-11(21(22)23)2-4-14(13)24-16/h1-9H/b6-3+. The van der Waals surface area contributed by atoms with Crippen molar-refractivity contribution in [3.05, 3.63) is 68.0 Å². The number of imidazole rings is 1. The number of thiazole rings is 1. The van der Waals surface area contributed by atoms with Crippen LogP contribution in [0.15, 0.2) is 47.2 Å². The van der Waals surface area contributed by atoms with Gasteiger partial charge in [0.15, 0.2) is 0 Å². The van der Waals surface area contributed by atoms with Gasteiger partial charge in [-0.1, -0.05) is 0 Å². The van der Waals surface area contributed by atoms with Crippen LogP contribution in [0.2, 0.25) is 0 Å². The van der Waals surface area contributed by atoms with Crippen molar-refractivity contribution in [3.63, 3.8) is 0 Å². The molecule has 8 heteroatoms. The number of nitro benzene ring substituents is 1. The van der Waals surface area contributed by atoms with Gasteiger partial charge in [0.1, 0.15) is 10.7 Å². The van der Waals surface area contributed by atoms with E-state index in [1.165, 1.54) is 23.5 Å². The van der Waals surface area contributed by atoms with Gasteiger partial charge in [0.25, 0.3) is 5.69 Å². The maximum atomic E-state index is 10.8. The molecule has 0 aliphatic rings. The van der Waals surface area contributed by atoms with E-state index in [2.05, 4.69) is 25.9 Å². The van der Waals surface area contributed by atoms with E-state index in [4.69, 9.17) is 0 Å². The van der Waals surface area contributed by atoms with Crippen LogP contribution in [0.25, 0.3) is 28.0 Å². The number of fused-ring (bicyclic) bond motifs is 2. The number of rotatable bonds is 3. The van der Waals surface area contributed by atoms with Gasteiger partial charge in [-0.25, -0.2) is 9.97 Å². The van der Waals surface area contributed by atoms with Crippen LogP contribution in [0, 0.1) is 10.1 Å². The Labute approximate surface area is 148 Å². The van der Waals surface area contributed by atoms with Gasteiger partial charge in [-0.05, 0) is 46.3 Å². The molecule has 0 saturated carbocycles. The van der Waals surface area contributed by atoms with E-state index in [-0.39, 0.29) is 5.69 Å². The summed E-state index contributed by atoms with van der Waals surface area (Å²) < 4.78 is 3.86. The lowest BCUT2D eigenvalue weighted by molar-refractivity contribution is -0.384. The van der Waals surface area contributed by atoms with E-state index >= 15 is 0 Å². The van der Waals surface area contributed by atoms with Crippen LogP contribution in [0.1, 0.15) is 10.7 Å². The summed E-state index contributed by atoms with van der Waals surface area (Å²) >= 11 is 4.94. The topological polar surface area (TPSA) is 73.3 Å². The Bertz CT molecular complexity index is 1120. The monoisotopic (exact) mass is 400 g/mol. The van der Waals surface area contributed by atoms with Crippen molar-refractivity contribution < 1.29 is 4.92 Å². The van der Waals surface area contributed by atoms with Gasteiger partial charge in [-0.3, -0.25) is 14.5 Å². The minimum Gasteiger partial charge on any atom is -0.299 e. The van der Waals surface area contributed by atoms with E-state index in [1.807, 2.05) is 34.9 Å². The molecule has 0 spiro atoms. The summed E-state index contributed by atoms with van der Waals surface area (Å²) in [5, 5.41) is 11.6. The summed E-state index contributed by atoms with van der Waals surface area (Å²) in [5.74, 6) is 0. The van der Waals surface area contributed by atoms with Crippen LogP contribution in [-0.4, -0.2) is 19.3 Å². The van der Waals surface area contributed by atoms with Crippen molar-refractivity contribution in [3.8, 4) is 0 Å². The SMILES string of the molecule is O=[N+]([O-])c1ccc2sc(/C=C/c3cnc4ccc(Br)cn34)nc2c1. The number of aromatic nitrogens is 3. The molecule has 0 bridgehead atoms. The van der Waals surface area contributed by atoms with E-state index in [0.29, 0.717) is 5.52 Å². The Balaban J connectivity index is 1.71. The fourth-order valence-electron chi connectivity index (χ4n) is 2.37. The molecule has 3 aromatic heterocycles. The number of hydrogen-bond acceptors (Lipinski definition) is 5. The third kappa shape index (κ3) is 2.70. The van der Waals surface area contributed by atoms with Gasteiger partial charge in [0.2, 0.25) is 0 Å². The molecule has 0 saturated heterocycles. The van der Waals surface area contributed by atoms with E-state index in [9.17, 15) is 10.1 Å². The molecular formula is C16H9BrN4O2S. The van der Waals surface area contributed by atoms with Gasteiger partial charge in [-0.15, -0.1) is 11.3 Å². The Morgan fingerprint density at radius 1 is 1.25 bits per heavy atom. The molecule has 0 radical (unpaired) electrons. The zero-order chi connectivity index (χ0) is 16.7. The largest absolute Gasteiger partial charge is 0.299 e. The predicted octanol–water partition coefficient (Wildman–Crippen LogP) is 4.79. The average Bonchev–Trinajstić information content (AvgIpc) is 3.14. The van der Waals surface area contributed by atoms with Crippen LogP contribution in [0.4, 0.5) is 5.69 Å². The van der Waals surface area contributed by atoms with Crippen molar-refractivity contribution in [2.75, 3.05) is 0 Å². The summed E-state index contributed by atoms with van der Waals surface area (Å²) in [6, 6.07) is 8.59. The third-order valence-electron chi connectivity index (χ3n) is 3.49. The van der Waals surface area contributed by atoms with Gasteiger partial charge in [0.05, 0.1) is 27.0 Å². The number of nitro groups is 1. The highest BCUT2D eigenvalue weighted by Gasteiger charge is 2.09. The molecule has 4 rings (SSSR count). The normalized spacial score (nSPS) is 11.7. The van der Waals surface area contributed by atoms with Crippen molar-refractivity contribution in [1.29, 1.82) is 0 Å². The van der Waals surface area contributed by atoms with Crippen molar-refractivity contribution in [2.45, 2.75) is 0 Å². The van der Waals surface area contributed by atoms with Crippen LogP contribution in [0.3, 0.4) is 0 Å². The van der Waals surface area contributed by atoms with E-state index in [0.717, 1.165) is 25.5 Å². The fourth-order valence-corrected chi connectivity index (χ4v) is 3.56. The lowest BCUT2D eigenvalue weighted by Gasteiger charge is -1.97. The molecule has 0 N–H and O–H groups in total. The van der Waals surface area contributed by atoms with Crippen molar-refractivity contribution >= 4 is 61.0 Å². The number of halogens is 1. The zero-order valence-corrected chi connectivity index (χ0v) is 14.5. The smallest absolute Gasteiger partial charge is 0.271 e. The van der Waals surface area contributed by atoms with Gasteiger partial charge >= 0.3 is 0 Å². The van der Waals surface area contributed by atoms with Gasteiger partial charge < -0.3 is 0 Å². The number of non-ortho nitro benzene ring substituents is 1. The summed E-state index contributed by atoms with van der Waals surface area (Å²) in [6.45, 7) is 0. The highest BCUT2D eigenvalue weighted by atomic mass is 79.9. The zero-order valence-electron chi connectivity index (χ0n) is 12.1. The minimum atomic E-state index is -0.412. The average molecular weight is 401 g/mol. The van der Waals surface area contributed by atoms with Crippen LogP contribution in [-0.2, 0) is 0 Å². The quantitative estimate of drug-likeness (QED) is 0.366. The lowest BCUT2D eigenvalue weighted by Crippen LogP contribution is -1.86. The van der Waals surface area contributed by atoms with Crippen molar-refractivity contribution in [1.82, 2.24) is 14.4 Å². The first-order valence-electron chi connectivity index (χ1n) is 6.96. The molecular weight excluding hydrogens is 392 g/mol. The fraction of sp³-hybridized carbons (Fsp3) is 0. The second kappa shape index (κ2) is 5.81. The molecule has 6 nitrogen and oxygen atoms in total. The van der Waals surface area contributed by atoms with Crippen LogP contribution < -0.4 is 0 Å². The number of hydrogen-bond donors (Lipinski definition) is 0. The number of pyridine rings is 1. The Kier molecular flexibility index (Phi) is 3.62. The molecule has 24 heavy (non-hydrogen) atoms. The highest BCUT2D eigenvalue weighted by molar-refractivity contribution is 9.10. The summed E-state index contributed by atoms with van der Waals surface area (Å²) in [6.07, 6.45) is 7.56.